The quantitative estimate of drug-likeness (QED) is 0.842. The molecule has 1 aliphatic carbocycles. The Morgan fingerprint density at radius 3 is 3.05 bits per heavy atom. The van der Waals surface area contributed by atoms with E-state index in [1.54, 1.807) is 12.3 Å². The topological polar surface area (TPSA) is 66.9 Å². The first-order valence-electron chi connectivity index (χ1n) is 6.83. The second kappa shape index (κ2) is 6.11. The molecule has 2 heterocycles. The van der Waals surface area contributed by atoms with E-state index in [1.807, 2.05) is 12.3 Å². The van der Waals surface area contributed by atoms with E-state index in [0.29, 0.717) is 29.0 Å². The predicted molar refractivity (Wildman–Crippen MR) is 88.1 cm³/mol. The number of amides is 1. The third-order valence-electron chi connectivity index (χ3n) is 3.18. The standard InChI is InChI=1S/C14H15BrN4OS/c1-2-16-12-10(5-9(15)6-17-12)13(20)19-14-18-11(7-21-14)8-3-4-8/h5-8H,2-4H2,1H3,(H,16,17)(H,18,19,20). The van der Waals surface area contributed by atoms with Crippen molar-refractivity contribution >= 4 is 44.1 Å². The lowest BCUT2D eigenvalue weighted by Crippen LogP contribution is -2.15. The highest BCUT2D eigenvalue weighted by atomic mass is 79.9. The van der Waals surface area contributed by atoms with Crippen LogP contribution in [0, 0.1) is 0 Å². The van der Waals surface area contributed by atoms with Gasteiger partial charge in [-0.25, -0.2) is 9.97 Å². The predicted octanol–water partition coefficient (Wildman–Crippen LogP) is 3.86. The van der Waals surface area contributed by atoms with Crippen LogP contribution in [-0.4, -0.2) is 22.4 Å². The van der Waals surface area contributed by atoms with Gasteiger partial charge in [-0.05, 0) is 41.8 Å². The molecule has 0 radical (unpaired) electrons. The van der Waals surface area contributed by atoms with Gasteiger partial charge >= 0.3 is 0 Å². The normalized spacial score (nSPS) is 14.0. The van der Waals surface area contributed by atoms with Crippen LogP contribution in [0.2, 0.25) is 0 Å². The lowest BCUT2D eigenvalue weighted by Gasteiger charge is -2.09. The summed E-state index contributed by atoms with van der Waals surface area (Å²) in [5.41, 5.74) is 1.60. The summed E-state index contributed by atoms with van der Waals surface area (Å²) in [6, 6.07) is 1.76. The van der Waals surface area contributed by atoms with Crippen molar-refractivity contribution in [2.24, 2.45) is 0 Å². The Morgan fingerprint density at radius 1 is 1.52 bits per heavy atom. The number of anilines is 2. The molecule has 2 aromatic rings. The molecule has 1 fully saturated rings. The Balaban J connectivity index is 1.78. The van der Waals surface area contributed by atoms with E-state index in [4.69, 9.17) is 0 Å². The number of hydrogen-bond donors (Lipinski definition) is 2. The van der Waals surface area contributed by atoms with Crippen molar-refractivity contribution in [3.05, 3.63) is 33.4 Å². The molecule has 0 aliphatic heterocycles. The number of thiazole rings is 1. The van der Waals surface area contributed by atoms with Crippen LogP contribution in [0.5, 0.6) is 0 Å². The van der Waals surface area contributed by atoms with Crippen LogP contribution in [0.15, 0.2) is 22.1 Å². The van der Waals surface area contributed by atoms with E-state index in [0.717, 1.165) is 10.2 Å². The van der Waals surface area contributed by atoms with E-state index < -0.39 is 0 Å². The van der Waals surface area contributed by atoms with Gasteiger partial charge in [0.25, 0.3) is 5.91 Å². The first kappa shape index (κ1) is 14.5. The summed E-state index contributed by atoms with van der Waals surface area (Å²) in [4.78, 5) is 21.1. The highest BCUT2D eigenvalue weighted by Gasteiger charge is 2.26. The van der Waals surface area contributed by atoms with E-state index in [2.05, 4.69) is 36.5 Å². The van der Waals surface area contributed by atoms with Gasteiger partial charge in [-0.3, -0.25) is 10.1 Å². The average molecular weight is 367 g/mol. The second-order valence-electron chi connectivity index (χ2n) is 4.89. The number of nitrogens with one attached hydrogen (secondary N) is 2. The van der Waals surface area contributed by atoms with Crippen LogP contribution in [0.3, 0.4) is 0 Å². The lowest BCUT2D eigenvalue weighted by atomic mass is 10.2. The van der Waals surface area contributed by atoms with Gasteiger partial charge in [0.15, 0.2) is 5.13 Å². The smallest absolute Gasteiger partial charge is 0.261 e. The molecule has 21 heavy (non-hydrogen) atoms. The Morgan fingerprint density at radius 2 is 2.33 bits per heavy atom. The number of aromatic nitrogens is 2. The van der Waals surface area contributed by atoms with Gasteiger partial charge in [0.2, 0.25) is 0 Å². The minimum atomic E-state index is -0.198. The molecule has 5 nitrogen and oxygen atoms in total. The van der Waals surface area contributed by atoms with E-state index in [-0.39, 0.29) is 5.91 Å². The zero-order valence-corrected chi connectivity index (χ0v) is 13.9. The third-order valence-corrected chi connectivity index (χ3v) is 4.39. The molecule has 0 atom stereocenters. The van der Waals surface area contributed by atoms with E-state index in [9.17, 15) is 4.79 Å². The monoisotopic (exact) mass is 366 g/mol. The van der Waals surface area contributed by atoms with Gasteiger partial charge in [0.1, 0.15) is 5.82 Å². The van der Waals surface area contributed by atoms with Crippen molar-refractivity contribution in [2.45, 2.75) is 25.7 Å². The van der Waals surface area contributed by atoms with Crippen molar-refractivity contribution in [3.63, 3.8) is 0 Å². The Labute approximate surface area is 135 Å². The highest BCUT2D eigenvalue weighted by molar-refractivity contribution is 9.10. The number of hydrogen-bond acceptors (Lipinski definition) is 5. The fraction of sp³-hybridized carbons (Fsp3) is 0.357. The highest BCUT2D eigenvalue weighted by Crippen LogP contribution is 2.40. The number of pyridine rings is 1. The van der Waals surface area contributed by atoms with Crippen molar-refractivity contribution in [3.8, 4) is 0 Å². The Kier molecular flexibility index (Phi) is 4.21. The molecule has 3 rings (SSSR count). The minimum absolute atomic E-state index is 0.198. The fourth-order valence-corrected chi connectivity index (χ4v) is 3.11. The SMILES string of the molecule is CCNc1ncc(Br)cc1C(=O)Nc1nc(C2CC2)cs1. The molecule has 1 amide bonds. The molecule has 0 saturated heterocycles. The molecule has 0 unspecified atom stereocenters. The molecule has 2 aromatic heterocycles. The maximum Gasteiger partial charge on any atom is 0.261 e. The van der Waals surface area contributed by atoms with Gasteiger partial charge < -0.3 is 5.32 Å². The van der Waals surface area contributed by atoms with Crippen molar-refractivity contribution < 1.29 is 4.79 Å². The van der Waals surface area contributed by atoms with Crippen LogP contribution in [0.1, 0.15) is 41.7 Å². The van der Waals surface area contributed by atoms with E-state index in [1.165, 1.54) is 24.2 Å². The van der Waals surface area contributed by atoms with Crippen LogP contribution in [0.4, 0.5) is 10.9 Å². The zero-order valence-electron chi connectivity index (χ0n) is 11.5. The summed E-state index contributed by atoms with van der Waals surface area (Å²) in [5, 5.41) is 8.62. The van der Waals surface area contributed by atoms with E-state index >= 15 is 0 Å². The lowest BCUT2D eigenvalue weighted by molar-refractivity contribution is 0.102. The van der Waals surface area contributed by atoms with Crippen LogP contribution < -0.4 is 10.6 Å². The summed E-state index contributed by atoms with van der Waals surface area (Å²) in [7, 11) is 0. The largest absolute Gasteiger partial charge is 0.370 e. The summed E-state index contributed by atoms with van der Waals surface area (Å²) in [6.07, 6.45) is 4.08. The molecule has 0 spiro atoms. The Hall–Kier alpha value is -1.47. The van der Waals surface area contributed by atoms with Crippen molar-refractivity contribution in [2.75, 3.05) is 17.2 Å². The molecule has 7 heteroatoms. The molecule has 110 valence electrons. The maximum atomic E-state index is 12.4. The molecule has 1 saturated carbocycles. The average Bonchev–Trinajstić information content (AvgIpc) is 3.22. The van der Waals surface area contributed by atoms with Gasteiger partial charge in [-0.2, -0.15) is 0 Å². The fourth-order valence-electron chi connectivity index (χ4n) is 2.00. The number of carbonyl (C=O) groups is 1. The van der Waals surface area contributed by atoms with Gasteiger partial charge in [0.05, 0.1) is 11.3 Å². The number of nitrogens with zero attached hydrogens (tertiary/aromatic N) is 2. The summed E-state index contributed by atoms with van der Waals surface area (Å²) in [5.74, 6) is 0.977. The second-order valence-corrected chi connectivity index (χ2v) is 6.66. The molecule has 2 N–H and O–H groups in total. The van der Waals surface area contributed by atoms with Crippen LogP contribution in [-0.2, 0) is 0 Å². The zero-order chi connectivity index (χ0) is 14.8. The van der Waals surface area contributed by atoms with Crippen LogP contribution >= 0.6 is 27.3 Å². The minimum Gasteiger partial charge on any atom is -0.370 e. The maximum absolute atomic E-state index is 12.4. The molecule has 0 aromatic carbocycles. The van der Waals surface area contributed by atoms with Crippen molar-refractivity contribution in [1.82, 2.24) is 9.97 Å². The molecular weight excluding hydrogens is 352 g/mol. The molecule has 1 aliphatic rings. The van der Waals surface area contributed by atoms with Crippen LogP contribution in [0.25, 0.3) is 0 Å². The van der Waals surface area contributed by atoms with Gasteiger partial charge in [0, 0.05) is 28.5 Å². The van der Waals surface area contributed by atoms with Crippen molar-refractivity contribution in [1.29, 1.82) is 0 Å². The van der Waals surface area contributed by atoms with Gasteiger partial charge in [-0.1, -0.05) is 0 Å². The first-order chi connectivity index (χ1) is 10.2. The summed E-state index contributed by atoms with van der Waals surface area (Å²) in [6.45, 7) is 2.67. The molecule has 0 bridgehead atoms. The number of carbonyl (C=O) groups excluding carboxylic acids is 1. The number of halogens is 1. The summed E-state index contributed by atoms with van der Waals surface area (Å²) >= 11 is 4.82. The number of rotatable bonds is 5. The summed E-state index contributed by atoms with van der Waals surface area (Å²) < 4.78 is 0.770. The van der Waals surface area contributed by atoms with Gasteiger partial charge in [-0.15, -0.1) is 11.3 Å². The molecular formula is C14H15BrN4OS. The Bertz CT molecular complexity index is 669. The first-order valence-corrected chi connectivity index (χ1v) is 8.51. The third kappa shape index (κ3) is 3.41.